The van der Waals surface area contributed by atoms with Gasteiger partial charge in [0.15, 0.2) is 0 Å². The van der Waals surface area contributed by atoms with Crippen molar-refractivity contribution in [1.29, 1.82) is 0 Å². The van der Waals surface area contributed by atoms with Gasteiger partial charge in [-0.25, -0.2) is 4.39 Å². The second-order valence-corrected chi connectivity index (χ2v) is 5.76. The second kappa shape index (κ2) is 6.98. The van der Waals surface area contributed by atoms with Crippen molar-refractivity contribution >= 4 is 34.8 Å². The highest BCUT2D eigenvalue weighted by molar-refractivity contribution is 7.11. The second-order valence-electron chi connectivity index (χ2n) is 4.78. The zero-order chi connectivity index (χ0) is 16.1. The van der Waals surface area contributed by atoms with Gasteiger partial charge in [-0.2, -0.15) is 0 Å². The minimum atomic E-state index is -0.366. The van der Waals surface area contributed by atoms with Gasteiger partial charge >= 0.3 is 0 Å². The Morgan fingerprint density at radius 3 is 2.43 bits per heavy atom. The molecule has 3 aromatic rings. The maximum Gasteiger partial charge on any atom is 0.255 e. The molecule has 3 nitrogen and oxygen atoms in total. The highest BCUT2D eigenvalue weighted by Crippen LogP contribution is 2.18. The van der Waals surface area contributed by atoms with Crippen molar-refractivity contribution in [2.24, 2.45) is 4.99 Å². The van der Waals surface area contributed by atoms with Gasteiger partial charge in [0.25, 0.3) is 5.91 Å². The topological polar surface area (TPSA) is 41.5 Å². The molecule has 0 unspecified atom stereocenters. The summed E-state index contributed by atoms with van der Waals surface area (Å²) in [5.41, 5.74) is 1.87. The van der Waals surface area contributed by atoms with E-state index >= 15 is 0 Å². The van der Waals surface area contributed by atoms with Crippen LogP contribution in [0.25, 0.3) is 0 Å². The van der Waals surface area contributed by atoms with E-state index in [4.69, 9.17) is 0 Å². The maximum absolute atomic E-state index is 12.9. The molecule has 0 radical (unpaired) electrons. The predicted molar refractivity (Wildman–Crippen MR) is 92.4 cm³/mol. The van der Waals surface area contributed by atoms with Crippen molar-refractivity contribution < 1.29 is 9.18 Å². The van der Waals surface area contributed by atoms with Crippen LogP contribution >= 0.6 is 11.3 Å². The molecule has 1 aromatic heterocycles. The first kappa shape index (κ1) is 15.1. The van der Waals surface area contributed by atoms with Crippen LogP contribution < -0.4 is 5.32 Å². The molecule has 2 aromatic carbocycles. The van der Waals surface area contributed by atoms with Gasteiger partial charge in [0.2, 0.25) is 0 Å². The van der Waals surface area contributed by atoms with Crippen LogP contribution in [0.3, 0.4) is 0 Å². The number of carbonyl (C=O) groups is 1. The van der Waals surface area contributed by atoms with Crippen molar-refractivity contribution in [3.8, 4) is 0 Å². The molecule has 0 saturated heterocycles. The summed E-state index contributed by atoms with van der Waals surface area (Å²) < 4.78 is 12.9. The van der Waals surface area contributed by atoms with E-state index in [2.05, 4.69) is 10.3 Å². The molecule has 1 amide bonds. The normalized spacial score (nSPS) is 10.8. The van der Waals surface area contributed by atoms with Crippen molar-refractivity contribution in [3.63, 3.8) is 0 Å². The number of benzene rings is 2. The summed E-state index contributed by atoms with van der Waals surface area (Å²) in [6.45, 7) is 0. The van der Waals surface area contributed by atoms with Gasteiger partial charge in [0.1, 0.15) is 5.82 Å². The number of nitrogens with zero attached hydrogens (tertiary/aromatic N) is 1. The van der Waals surface area contributed by atoms with Crippen LogP contribution in [0.2, 0.25) is 0 Å². The van der Waals surface area contributed by atoms with Crippen LogP contribution in [-0.2, 0) is 0 Å². The fourth-order valence-electron chi connectivity index (χ4n) is 1.94. The lowest BCUT2D eigenvalue weighted by Crippen LogP contribution is -2.11. The highest BCUT2D eigenvalue weighted by Gasteiger charge is 2.05. The molecule has 0 atom stereocenters. The third kappa shape index (κ3) is 4.11. The highest BCUT2D eigenvalue weighted by atomic mass is 32.1. The molecule has 114 valence electrons. The Labute approximate surface area is 137 Å². The standard InChI is InChI=1S/C18H13FN2OS/c19-14-5-3-13(4-6-14)18(22)21-16-9-7-15(8-10-16)20-12-17-2-1-11-23-17/h1-12H,(H,21,22). The molecule has 23 heavy (non-hydrogen) atoms. The van der Waals surface area contributed by atoms with Gasteiger partial charge in [0.05, 0.1) is 5.69 Å². The third-order valence-electron chi connectivity index (χ3n) is 3.12. The summed E-state index contributed by atoms with van der Waals surface area (Å²) in [4.78, 5) is 17.5. The van der Waals surface area contributed by atoms with Crippen LogP contribution in [0.15, 0.2) is 71.0 Å². The van der Waals surface area contributed by atoms with Crippen molar-refractivity contribution in [3.05, 3.63) is 82.3 Å². The molecule has 0 aliphatic rings. The average molecular weight is 324 g/mol. The number of carbonyl (C=O) groups excluding carboxylic acids is 1. The first-order valence-electron chi connectivity index (χ1n) is 6.95. The van der Waals surface area contributed by atoms with Crippen molar-refractivity contribution in [2.45, 2.75) is 0 Å². The predicted octanol–water partition coefficient (Wildman–Crippen LogP) is 4.89. The van der Waals surface area contributed by atoms with Gasteiger partial charge in [0, 0.05) is 22.3 Å². The Morgan fingerprint density at radius 1 is 1.04 bits per heavy atom. The van der Waals surface area contributed by atoms with Gasteiger partial charge in [-0.15, -0.1) is 11.3 Å². The summed E-state index contributed by atoms with van der Waals surface area (Å²) >= 11 is 1.62. The number of rotatable bonds is 4. The zero-order valence-corrected chi connectivity index (χ0v) is 12.9. The summed E-state index contributed by atoms with van der Waals surface area (Å²) in [5, 5.41) is 4.76. The lowest BCUT2D eigenvalue weighted by Gasteiger charge is -2.05. The number of hydrogen-bond acceptors (Lipinski definition) is 3. The molecule has 5 heteroatoms. The largest absolute Gasteiger partial charge is 0.322 e. The van der Waals surface area contributed by atoms with E-state index in [-0.39, 0.29) is 11.7 Å². The van der Waals surface area contributed by atoms with Crippen LogP contribution in [0.1, 0.15) is 15.2 Å². The third-order valence-corrected chi connectivity index (χ3v) is 3.92. The van der Waals surface area contributed by atoms with E-state index in [1.165, 1.54) is 24.3 Å². The Morgan fingerprint density at radius 2 is 1.78 bits per heavy atom. The quantitative estimate of drug-likeness (QED) is 0.682. The number of aliphatic imine (C=N–C) groups is 1. The van der Waals surface area contributed by atoms with Crippen LogP contribution in [0.5, 0.6) is 0 Å². The summed E-state index contributed by atoms with van der Waals surface area (Å²) in [6, 6.07) is 16.6. The number of amides is 1. The van der Waals surface area contributed by atoms with Crippen LogP contribution in [0, 0.1) is 5.82 Å². The Balaban J connectivity index is 1.65. The number of halogens is 1. The monoisotopic (exact) mass is 324 g/mol. The molecule has 1 N–H and O–H groups in total. The van der Waals surface area contributed by atoms with E-state index in [1.54, 1.807) is 29.7 Å². The lowest BCUT2D eigenvalue weighted by molar-refractivity contribution is 0.102. The molecule has 0 spiro atoms. The van der Waals surface area contributed by atoms with E-state index in [1.807, 2.05) is 29.6 Å². The first-order valence-corrected chi connectivity index (χ1v) is 7.83. The Hall–Kier alpha value is -2.79. The van der Waals surface area contributed by atoms with Gasteiger partial charge in [-0.05, 0) is 60.0 Å². The van der Waals surface area contributed by atoms with Crippen LogP contribution in [0.4, 0.5) is 15.8 Å². The molecule has 0 saturated carbocycles. The molecule has 0 aliphatic carbocycles. The molecule has 0 fully saturated rings. The van der Waals surface area contributed by atoms with Gasteiger partial charge in [-0.1, -0.05) is 6.07 Å². The maximum atomic E-state index is 12.9. The summed E-state index contributed by atoms with van der Waals surface area (Å²) in [7, 11) is 0. The fraction of sp³-hybridized carbons (Fsp3) is 0. The number of hydrogen-bond donors (Lipinski definition) is 1. The Kier molecular flexibility index (Phi) is 4.59. The Bertz CT molecular complexity index is 809. The number of nitrogens with one attached hydrogen (secondary N) is 1. The van der Waals surface area contributed by atoms with E-state index in [9.17, 15) is 9.18 Å². The number of thiophene rings is 1. The average Bonchev–Trinajstić information content (AvgIpc) is 3.08. The summed E-state index contributed by atoms with van der Waals surface area (Å²) in [5.74, 6) is -0.644. The van der Waals surface area contributed by atoms with Gasteiger partial charge < -0.3 is 5.32 Å². The minimum absolute atomic E-state index is 0.278. The van der Waals surface area contributed by atoms with E-state index in [0.717, 1.165) is 10.6 Å². The fourth-order valence-corrected chi connectivity index (χ4v) is 2.52. The lowest BCUT2D eigenvalue weighted by atomic mass is 10.2. The number of anilines is 1. The van der Waals surface area contributed by atoms with Crippen LogP contribution in [-0.4, -0.2) is 12.1 Å². The molecule has 0 bridgehead atoms. The SMILES string of the molecule is O=C(Nc1ccc(N=Cc2cccs2)cc1)c1ccc(F)cc1. The minimum Gasteiger partial charge on any atom is -0.322 e. The zero-order valence-electron chi connectivity index (χ0n) is 12.1. The molecule has 0 aliphatic heterocycles. The van der Waals surface area contributed by atoms with Crippen molar-refractivity contribution in [1.82, 2.24) is 0 Å². The van der Waals surface area contributed by atoms with Gasteiger partial charge in [-0.3, -0.25) is 9.79 Å². The van der Waals surface area contributed by atoms with E-state index in [0.29, 0.717) is 11.3 Å². The molecular formula is C18H13FN2OS. The van der Waals surface area contributed by atoms with E-state index < -0.39 is 0 Å². The molecule has 1 heterocycles. The molecular weight excluding hydrogens is 311 g/mol. The van der Waals surface area contributed by atoms with Crippen molar-refractivity contribution in [2.75, 3.05) is 5.32 Å². The smallest absolute Gasteiger partial charge is 0.255 e. The molecule has 3 rings (SSSR count). The first-order chi connectivity index (χ1) is 11.2. The summed E-state index contributed by atoms with van der Waals surface area (Å²) in [6.07, 6.45) is 1.80.